The first kappa shape index (κ1) is 20.1. The zero-order valence-electron chi connectivity index (χ0n) is 17.0. The van der Waals surface area contributed by atoms with Crippen LogP contribution in [0.25, 0.3) is 0 Å². The summed E-state index contributed by atoms with van der Waals surface area (Å²) >= 11 is 0. The molecule has 1 amide bonds. The van der Waals surface area contributed by atoms with Crippen molar-refractivity contribution in [3.8, 4) is 0 Å². The molecule has 0 spiro atoms. The highest BCUT2D eigenvalue weighted by Gasteiger charge is 2.32. The average Bonchev–Trinajstić information content (AvgIpc) is 3.08. The summed E-state index contributed by atoms with van der Waals surface area (Å²) in [5.41, 5.74) is 3.71. The van der Waals surface area contributed by atoms with E-state index in [2.05, 4.69) is 15.2 Å². The maximum Gasteiger partial charge on any atom is 0.308 e. The number of carbonyl (C=O) groups is 2. The number of esters is 1. The predicted octanol–water partition coefficient (Wildman–Crippen LogP) is 3.96. The number of hydrogen-bond acceptors (Lipinski definition) is 5. The fourth-order valence-electron chi connectivity index (χ4n) is 4.20. The van der Waals surface area contributed by atoms with Gasteiger partial charge in [-0.3, -0.25) is 14.6 Å². The number of carbonyl (C=O) groups excluding carboxylic acids is 2. The minimum atomic E-state index is -0.737. The van der Waals surface area contributed by atoms with E-state index in [1.807, 2.05) is 25.1 Å². The number of hydrogen-bond donors (Lipinski definition) is 1. The van der Waals surface area contributed by atoms with Gasteiger partial charge in [-0.25, -0.2) is 4.39 Å². The third kappa shape index (κ3) is 3.79. The van der Waals surface area contributed by atoms with Crippen molar-refractivity contribution < 1.29 is 18.7 Å². The van der Waals surface area contributed by atoms with E-state index < -0.39 is 11.7 Å². The molecule has 156 valence electrons. The Kier molecular flexibility index (Phi) is 5.53. The summed E-state index contributed by atoms with van der Waals surface area (Å²) in [6, 6.07) is 10.5. The maximum absolute atomic E-state index is 14.2. The molecule has 0 radical (unpaired) electrons. The van der Waals surface area contributed by atoms with Crippen LogP contribution in [0.4, 0.5) is 21.5 Å². The van der Waals surface area contributed by atoms with Crippen LogP contribution in [-0.2, 0) is 14.3 Å². The van der Waals surface area contributed by atoms with Crippen LogP contribution in [-0.4, -0.2) is 38.3 Å². The van der Waals surface area contributed by atoms with Crippen molar-refractivity contribution in [3.05, 3.63) is 53.3 Å². The Morgan fingerprint density at radius 3 is 2.73 bits per heavy atom. The van der Waals surface area contributed by atoms with Crippen LogP contribution in [0.1, 0.15) is 29.9 Å². The molecule has 4 rings (SSSR count). The largest absolute Gasteiger partial charge is 0.469 e. The van der Waals surface area contributed by atoms with Crippen molar-refractivity contribution >= 4 is 35.2 Å². The summed E-state index contributed by atoms with van der Waals surface area (Å²) in [6.07, 6.45) is 3.04. The Hall–Kier alpha value is -3.22. The first-order valence-electron chi connectivity index (χ1n) is 10.0. The van der Waals surface area contributed by atoms with E-state index in [9.17, 15) is 14.0 Å². The Morgan fingerprint density at radius 2 is 2.03 bits per heavy atom. The van der Waals surface area contributed by atoms with E-state index in [-0.39, 0.29) is 17.8 Å². The third-order valence-electron chi connectivity index (χ3n) is 5.83. The van der Waals surface area contributed by atoms with E-state index in [0.717, 1.165) is 37.2 Å². The second kappa shape index (κ2) is 8.26. The molecule has 1 unspecified atom stereocenters. The van der Waals surface area contributed by atoms with Gasteiger partial charge in [0.25, 0.3) is 0 Å². The molecule has 0 aliphatic carbocycles. The van der Waals surface area contributed by atoms with Crippen LogP contribution >= 0.6 is 0 Å². The minimum Gasteiger partial charge on any atom is -0.469 e. The van der Waals surface area contributed by atoms with Gasteiger partial charge in [0.2, 0.25) is 5.91 Å². The molecule has 2 aromatic carbocycles. The van der Waals surface area contributed by atoms with Crippen molar-refractivity contribution in [2.75, 3.05) is 30.4 Å². The zero-order valence-corrected chi connectivity index (χ0v) is 17.0. The quantitative estimate of drug-likeness (QED) is 0.613. The Balaban J connectivity index is 1.47. The van der Waals surface area contributed by atoms with E-state index in [1.54, 1.807) is 12.1 Å². The van der Waals surface area contributed by atoms with Gasteiger partial charge in [0, 0.05) is 36.2 Å². The highest BCUT2D eigenvalue weighted by molar-refractivity contribution is 6.12. The molecule has 2 aliphatic heterocycles. The lowest BCUT2D eigenvalue weighted by molar-refractivity contribution is -0.146. The average molecular weight is 409 g/mol. The number of rotatable bonds is 4. The normalized spacial score (nSPS) is 19.1. The molecule has 1 saturated heterocycles. The molecule has 30 heavy (non-hydrogen) atoms. The summed E-state index contributed by atoms with van der Waals surface area (Å²) < 4.78 is 19.0. The lowest BCUT2D eigenvalue weighted by atomic mass is 9.96. The summed E-state index contributed by atoms with van der Waals surface area (Å²) in [4.78, 5) is 30.6. The molecule has 0 aromatic heterocycles. The number of benzene rings is 2. The molecule has 0 bridgehead atoms. The number of nitrogens with zero attached hydrogens (tertiary/aromatic N) is 2. The molecule has 1 N–H and O–H groups in total. The van der Waals surface area contributed by atoms with Gasteiger partial charge in [-0.15, -0.1) is 0 Å². The van der Waals surface area contributed by atoms with Crippen molar-refractivity contribution in [3.63, 3.8) is 0 Å². The van der Waals surface area contributed by atoms with Gasteiger partial charge in [-0.2, -0.15) is 0 Å². The number of aryl methyl sites for hydroxylation is 1. The highest BCUT2D eigenvalue weighted by atomic mass is 19.1. The topological polar surface area (TPSA) is 71.0 Å². The molecule has 2 aromatic rings. The number of fused-ring (bicyclic) bond motifs is 1. The smallest absolute Gasteiger partial charge is 0.308 e. The third-order valence-corrected chi connectivity index (χ3v) is 5.83. The molecule has 7 heteroatoms. The van der Waals surface area contributed by atoms with Gasteiger partial charge in [-0.1, -0.05) is 6.07 Å². The lowest BCUT2D eigenvalue weighted by Gasteiger charge is -2.33. The van der Waals surface area contributed by atoms with Gasteiger partial charge in [0.1, 0.15) is 11.7 Å². The molecule has 1 atom stereocenters. The second-order valence-electron chi connectivity index (χ2n) is 7.70. The van der Waals surface area contributed by atoms with Crippen LogP contribution in [0.2, 0.25) is 0 Å². The molecule has 2 aliphatic rings. The number of aliphatic imine (C=N–C) groups is 1. The molecular weight excluding hydrogens is 385 g/mol. The highest BCUT2D eigenvalue weighted by Crippen LogP contribution is 2.34. The summed E-state index contributed by atoms with van der Waals surface area (Å²) in [5, 5.41) is 2.69. The summed E-state index contributed by atoms with van der Waals surface area (Å²) in [6.45, 7) is 3.60. The van der Waals surface area contributed by atoms with Crippen LogP contribution in [0.15, 0.2) is 41.4 Å². The molecular formula is C23H24FN3O3. The monoisotopic (exact) mass is 409 g/mol. The fourth-order valence-corrected chi connectivity index (χ4v) is 4.20. The first-order chi connectivity index (χ1) is 14.5. The van der Waals surface area contributed by atoms with E-state index >= 15 is 0 Å². The number of amides is 1. The van der Waals surface area contributed by atoms with Crippen LogP contribution in [0.5, 0.6) is 0 Å². The number of halogens is 1. The predicted molar refractivity (Wildman–Crippen MR) is 114 cm³/mol. The van der Waals surface area contributed by atoms with Gasteiger partial charge in [0.05, 0.1) is 18.7 Å². The van der Waals surface area contributed by atoms with E-state index in [0.29, 0.717) is 16.9 Å². The maximum atomic E-state index is 14.2. The van der Waals surface area contributed by atoms with Crippen molar-refractivity contribution in [2.24, 2.45) is 10.9 Å². The van der Waals surface area contributed by atoms with Crippen LogP contribution in [0, 0.1) is 18.7 Å². The summed E-state index contributed by atoms with van der Waals surface area (Å²) in [7, 11) is 1.43. The van der Waals surface area contributed by atoms with Gasteiger partial charge < -0.3 is 15.0 Å². The molecule has 1 fully saturated rings. The molecule has 6 nitrogen and oxygen atoms in total. The van der Waals surface area contributed by atoms with E-state index in [4.69, 9.17) is 4.74 Å². The molecule has 0 saturated carbocycles. The Labute approximate surface area is 174 Å². The van der Waals surface area contributed by atoms with Gasteiger partial charge in [0.15, 0.2) is 0 Å². The van der Waals surface area contributed by atoms with Crippen molar-refractivity contribution in [1.29, 1.82) is 0 Å². The number of piperidine rings is 1. The standard InChI is InChI=1S/C23H24FN3O3/c1-14-12-16(6-7-20(14)27-10-8-15(9-11-27)23(29)30-2)25-13-17-21-18(24)4-3-5-19(21)26-22(17)28/h3-7,12-13,15,17H,8-11H2,1-2H3,(H,26,28). The number of nitrogens with one attached hydrogen (secondary N) is 1. The van der Waals surface area contributed by atoms with Crippen molar-refractivity contribution in [1.82, 2.24) is 0 Å². The zero-order chi connectivity index (χ0) is 21.3. The number of ether oxygens (including phenoxy) is 1. The Morgan fingerprint density at radius 1 is 1.27 bits per heavy atom. The SMILES string of the molecule is COC(=O)C1CCN(c2ccc(N=CC3C(=O)Nc4cccc(F)c43)cc2C)CC1. The van der Waals surface area contributed by atoms with E-state index in [1.165, 1.54) is 19.4 Å². The van der Waals surface area contributed by atoms with Gasteiger partial charge in [-0.05, 0) is 55.7 Å². The van der Waals surface area contributed by atoms with Gasteiger partial charge >= 0.3 is 5.97 Å². The second-order valence-corrected chi connectivity index (χ2v) is 7.70. The van der Waals surface area contributed by atoms with Crippen LogP contribution < -0.4 is 10.2 Å². The molecule has 2 heterocycles. The number of methoxy groups -OCH3 is 1. The van der Waals surface area contributed by atoms with Crippen molar-refractivity contribution in [2.45, 2.75) is 25.7 Å². The first-order valence-corrected chi connectivity index (χ1v) is 10.0. The summed E-state index contributed by atoms with van der Waals surface area (Å²) in [5.74, 6) is -1.59. The number of anilines is 2. The Bertz CT molecular complexity index is 1010. The lowest BCUT2D eigenvalue weighted by Crippen LogP contribution is -2.37. The fraction of sp³-hybridized carbons (Fsp3) is 0.348. The van der Waals surface area contributed by atoms with Crippen LogP contribution in [0.3, 0.4) is 0 Å². The minimum absolute atomic E-state index is 0.0312.